The van der Waals surface area contributed by atoms with Crippen LogP contribution in [-0.4, -0.2) is 9.55 Å². The maximum absolute atomic E-state index is 6.03. The molecule has 3 heteroatoms. The molecule has 0 aliphatic heterocycles. The topological polar surface area (TPSA) is 17.8 Å². The third-order valence-electron chi connectivity index (χ3n) is 3.41. The molecule has 17 heavy (non-hydrogen) atoms. The average molecular weight is 251 g/mol. The highest BCUT2D eigenvalue weighted by Gasteiger charge is 2.17. The van der Waals surface area contributed by atoms with Crippen molar-refractivity contribution < 1.29 is 0 Å². The summed E-state index contributed by atoms with van der Waals surface area (Å²) >= 11 is 6.03. The molecule has 0 unspecified atom stereocenters. The van der Waals surface area contributed by atoms with Gasteiger partial charge in [-0.25, -0.2) is 4.98 Å². The Bertz CT molecular complexity index is 512. The quantitative estimate of drug-likeness (QED) is 0.734. The fraction of sp³-hybridized carbons (Fsp3) is 0.500. The highest BCUT2D eigenvalue weighted by atomic mass is 35.5. The van der Waals surface area contributed by atoms with Gasteiger partial charge in [0.2, 0.25) is 0 Å². The van der Waals surface area contributed by atoms with Gasteiger partial charge in [-0.15, -0.1) is 11.6 Å². The molecule has 0 amide bonds. The van der Waals surface area contributed by atoms with Crippen LogP contribution in [0.5, 0.6) is 0 Å². The van der Waals surface area contributed by atoms with Crippen LogP contribution in [0.25, 0.3) is 11.0 Å². The van der Waals surface area contributed by atoms with Crippen molar-refractivity contribution in [3.05, 3.63) is 29.6 Å². The van der Waals surface area contributed by atoms with E-state index in [1.165, 1.54) is 11.1 Å². The molecule has 1 heterocycles. The molecule has 0 saturated carbocycles. The van der Waals surface area contributed by atoms with E-state index in [2.05, 4.69) is 48.5 Å². The number of fused-ring (bicyclic) bond motifs is 1. The van der Waals surface area contributed by atoms with E-state index in [4.69, 9.17) is 11.6 Å². The molecule has 1 aromatic carbocycles. The first kappa shape index (κ1) is 12.4. The number of benzene rings is 1. The number of alkyl halides is 1. The first-order valence-corrected chi connectivity index (χ1v) is 6.78. The number of aromatic nitrogens is 2. The maximum Gasteiger partial charge on any atom is 0.125 e. The van der Waals surface area contributed by atoms with E-state index >= 15 is 0 Å². The van der Waals surface area contributed by atoms with Gasteiger partial charge in [0.15, 0.2) is 0 Å². The van der Waals surface area contributed by atoms with E-state index in [-0.39, 0.29) is 0 Å². The second-order valence-electron chi connectivity index (χ2n) is 4.44. The molecule has 0 N–H and O–H groups in total. The van der Waals surface area contributed by atoms with Crippen molar-refractivity contribution in [2.75, 3.05) is 0 Å². The lowest BCUT2D eigenvalue weighted by Gasteiger charge is -2.18. The van der Waals surface area contributed by atoms with E-state index in [9.17, 15) is 0 Å². The summed E-state index contributed by atoms with van der Waals surface area (Å²) in [4.78, 5) is 4.64. The molecule has 0 atom stereocenters. The minimum absolute atomic E-state index is 0.477. The Labute approximate surface area is 108 Å². The van der Waals surface area contributed by atoms with Crippen LogP contribution in [0, 0.1) is 6.92 Å². The van der Waals surface area contributed by atoms with Gasteiger partial charge < -0.3 is 4.57 Å². The molecule has 0 radical (unpaired) electrons. The molecule has 1 aromatic heterocycles. The summed E-state index contributed by atoms with van der Waals surface area (Å²) in [5.74, 6) is 1.47. The zero-order chi connectivity index (χ0) is 12.4. The Morgan fingerprint density at radius 2 is 2.00 bits per heavy atom. The second kappa shape index (κ2) is 5.09. The second-order valence-corrected chi connectivity index (χ2v) is 4.71. The first-order chi connectivity index (χ1) is 8.22. The normalized spacial score (nSPS) is 11.6. The molecule has 0 aliphatic carbocycles. The van der Waals surface area contributed by atoms with Crippen LogP contribution in [0.3, 0.4) is 0 Å². The number of nitrogens with zero attached hydrogens (tertiary/aromatic N) is 2. The number of hydrogen-bond acceptors (Lipinski definition) is 1. The molecule has 0 bridgehead atoms. The summed E-state index contributed by atoms with van der Waals surface area (Å²) in [5.41, 5.74) is 3.59. The van der Waals surface area contributed by atoms with Crippen molar-refractivity contribution in [3.8, 4) is 0 Å². The number of halogens is 1. The minimum Gasteiger partial charge on any atom is -0.324 e. The van der Waals surface area contributed by atoms with Gasteiger partial charge in [-0.05, 0) is 31.4 Å². The van der Waals surface area contributed by atoms with Crippen molar-refractivity contribution in [1.29, 1.82) is 0 Å². The van der Waals surface area contributed by atoms with Crippen molar-refractivity contribution in [3.63, 3.8) is 0 Å². The van der Waals surface area contributed by atoms with Crippen LogP contribution < -0.4 is 0 Å². The van der Waals surface area contributed by atoms with E-state index in [1.54, 1.807) is 0 Å². The molecule has 0 spiro atoms. The third kappa shape index (κ3) is 2.06. The number of hydrogen-bond donors (Lipinski definition) is 0. The molecule has 2 aromatic rings. The minimum atomic E-state index is 0.477. The lowest BCUT2D eigenvalue weighted by molar-refractivity contribution is 0.471. The van der Waals surface area contributed by atoms with Crippen molar-refractivity contribution in [2.24, 2.45) is 0 Å². The fourth-order valence-electron chi connectivity index (χ4n) is 2.51. The monoisotopic (exact) mass is 250 g/mol. The Morgan fingerprint density at radius 1 is 1.29 bits per heavy atom. The van der Waals surface area contributed by atoms with Crippen LogP contribution >= 0.6 is 11.6 Å². The summed E-state index contributed by atoms with van der Waals surface area (Å²) in [6.45, 7) is 6.58. The van der Waals surface area contributed by atoms with E-state index in [1.807, 2.05) is 0 Å². The van der Waals surface area contributed by atoms with Gasteiger partial charge in [0, 0.05) is 6.04 Å². The highest BCUT2D eigenvalue weighted by Crippen LogP contribution is 2.28. The van der Waals surface area contributed by atoms with E-state index < -0.39 is 0 Å². The Balaban J connectivity index is 2.72. The Kier molecular flexibility index (Phi) is 3.72. The van der Waals surface area contributed by atoms with Crippen molar-refractivity contribution in [1.82, 2.24) is 9.55 Å². The van der Waals surface area contributed by atoms with Crippen molar-refractivity contribution >= 4 is 22.6 Å². The molecule has 0 saturated heterocycles. The van der Waals surface area contributed by atoms with Crippen LogP contribution in [0.2, 0.25) is 0 Å². The highest BCUT2D eigenvalue weighted by molar-refractivity contribution is 6.16. The van der Waals surface area contributed by atoms with E-state index in [0.717, 1.165) is 24.2 Å². The van der Waals surface area contributed by atoms with Gasteiger partial charge in [0.1, 0.15) is 5.82 Å². The van der Waals surface area contributed by atoms with Crippen LogP contribution in [0.4, 0.5) is 0 Å². The van der Waals surface area contributed by atoms with Crippen LogP contribution in [-0.2, 0) is 5.88 Å². The lowest BCUT2D eigenvalue weighted by atomic mass is 10.1. The van der Waals surface area contributed by atoms with Crippen LogP contribution in [0.15, 0.2) is 18.2 Å². The zero-order valence-corrected chi connectivity index (χ0v) is 11.5. The summed E-state index contributed by atoms with van der Waals surface area (Å²) in [5, 5.41) is 0. The summed E-state index contributed by atoms with van der Waals surface area (Å²) < 4.78 is 2.33. The maximum atomic E-state index is 6.03. The predicted octanol–water partition coefficient (Wildman–Crippen LogP) is 4.44. The van der Waals surface area contributed by atoms with Gasteiger partial charge in [-0.3, -0.25) is 0 Å². The fourth-order valence-corrected chi connectivity index (χ4v) is 2.70. The van der Waals surface area contributed by atoms with Gasteiger partial charge in [-0.2, -0.15) is 0 Å². The Morgan fingerprint density at radius 3 is 2.59 bits per heavy atom. The molecule has 92 valence electrons. The summed E-state index contributed by atoms with van der Waals surface area (Å²) in [6.07, 6.45) is 2.22. The third-order valence-corrected chi connectivity index (χ3v) is 3.65. The predicted molar refractivity (Wildman–Crippen MR) is 73.6 cm³/mol. The summed E-state index contributed by atoms with van der Waals surface area (Å²) in [7, 11) is 0. The molecular weight excluding hydrogens is 232 g/mol. The largest absolute Gasteiger partial charge is 0.324 e. The molecule has 2 nitrogen and oxygen atoms in total. The van der Waals surface area contributed by atoms with Gasteiger partial charge in [-0.1, -0.05) is 26.0 Å². The molecule has 0 fully saturated rings. The van der Waals surface area contributed by atoms with Gasteiger partial charge in [0.05, 0.1) is 16.9 Å². The SMILES string of the molecule is CCC(CC)n1c(CCl)nc2cccc(C)c21. The van der Waals surface area contributed by atoms with Crippen molar-refractivity contribution in [2.45, 2.75) is 45.5 Å². The summed E-state index contributed by atoms with van der Waals surface area (Å²) in [6, 6.07) is 6.76. The zero-order valence-electron chi connectivity index (χ0n) is 10.7. The molecule has 0 aliphatic rings. The molecular formula is C14H19ClN2. The molecule has 2 rings (SSSR count). The number of imidazole rings is 1. The van der Waals surface area contributed by atoms with Crippen LogP contribution in [0.1, 0.15) is 44.1 Å². The Hall–Kier alpha value is -1.02. The lowest BCUT2D eigenvalue weighted by Crippen LogP contribution is -2.10. The smallest absolute Gasteiger partial charge is 0.125 e. The van der Waals surface area contributed by atoms with Gasteiger partial charge >= 0.3 is 0 Å². The number of rotatable bonds is 4. The standard InChI is InChI=1S/C14H19ClN2/c1-4-11(5-2)17-13(9-15)16-12-8-6-7-10(3)14(12)17/h6-8,11H,4-5,9H2,1-3H3. The first-order valence-electron chi connectivity index (χ1n) is 6.25. The average Bonchev–Trinajstić information content (AvgIpc) is 2.71. The van der Waals surface area contributed by atoms with E-state index in [0.29, 0.717) is 11.9 Å². The van der Waals surface area contributed by atoms with Gasteiger partial charge in [0.25, 0.3) is 0 Å². The number of aryl methyl sites for hydroxylation is 1. The number of para-hydroxylation sites is 1.